The number of hydrogen-bond acceptors (Lipinski definition) is 5. The number of benzene rings is 2. The van der Waals surface area contributed by atoms with E-state index in [1.807, 2.05) is 48.5 Å². The van der Waals surface area contributed by atoms with Crippen molar-refractivity contribution in [2.24, 2.45) is 0 Å². The van der Waals surface area contributed by atoms with Crippen molar-refractivity contribution in [2.75, 3.05) is 0 Å². The lowest BCUT2D eigenvalue weighted by Gasteiger charge is -2.07. The highest BCUT2D eigenvalue weighted by atomic mass is 35.5. The van der Waals surface area contributed by atoms with Crippen LogP contribution in [0.2, 0.25) is 5.02 Å². The summed E-state index contributed by atoms with van der Waals surface area (Å²) >= 11 is 7.39. The topological polar surface area (TPSA) is 61.2 Å². The molecule has 7 heteroatoms. The Labute approximate surface area is 176 Å². The average molecular weight is 425 g/mol. The van der Waals surface area contributed by atoms with Crippen LogP contribution in [-0.4, -0.2) is 15.5 Å². The summed E-state index contributed by atoms with van der Waals surface area (Å²) in [6, 6.07) is 16.8. The van der Waals surface area contributed by atoms with Gasteiger partial charge in [0.15, 0.2) is 0 Å². The van der Waals surface area contributed by atoms with Crippen molar-refractivity contribution in [1.29, 1.82) is 0 Å². The first kappa shape index (κ1) is 19.4. The van der Waals surface area contributed by atoms with E-state index in [1.165, 1.54) is 22.2 Å². The van der Waals surface area contributed by atoms with Gasteiger partial charge in [0.2, 0.25) is 0 Å². The molecule has 0 amide bonds. The number of hydrogen-bond donors (Lipinski definition) is 0. The minimum absolute atomic E-state index is 0.178. The van der Waals surface area contributed by atoms with Crippen molar-refractivity contribution in [3.63, 3.8) is 0 Å². The summed E-state index contributed by atoms with van der Waals surface area (Å²) in [5.41, 5.74) is 2.12. The van der Waals surface area contributed by atoms with E-state index in [0.29, 0.717) is 32.2 Å². The number of aryl methyl sites for hydroxylation is 1. The highest BCUT2D eigenvalue weighted by Gasteiger charge is 2.21. The maximum atomic E-state index is 13.0. The number of rotatable bonds is 5. The molecule has 5 nitrogen and oxygen atoms in total. The van der Waals surface area contributed by atoms with Crippen molar-refractivity contribution in [2.45, 2.75) is 20.1 Å². The number of ether oxygens (including phenoxy) is 1. The summed E-state index contributed by atoms with van der Waals surface area (Å²) in [5, 5.41) is 1.03. The van der Waals surface area contributed by atoms with E-state index in [9.17, 15) is 9.59 Å². The number of esters is 1. The molecule has 0 aliphatic heterocycles. The molecule has 4 aromatic rings. The monoisotopic (exact) mass is 424 g/mol. The van der Waals surface area contributed by atoms with Crippen LogP contribution in [0.5, 0.6) is 0 Å². The van der Waals surface area contributed by atoms with Gasteiger partial charge in [-0.3, -0.25) is 9.36 Å². The maximum Gasteiger partial charge on any atom is 0.349 e. The fourth-order valence-corrected chi connectivity index (χ4v) is 4.29. The van der Waals surface area contributed by atoms with Gasteiger partial charge in [0.1, 0.15) is 16.3 Å². The third-order valence-corrected chi connectivity index (χ3v) is 6.16. The molecule has 0 N–H and O–H groups in total. The Hall–Kier alpha value is -2.96. The molecule has 2 heterocycles. The summed E-state index contributed by atoms with van der Waals surface area (Å²) in [6.45, 7) is 2.24. The van der Waals surface area contributed by atoms with Crippen LogP contribution >= 0.6 is 22.9 Å². The van der Waals surface area contributed by atoms with Crippen molar-refractivity contribution in [3.05, 3.63) is 97.9 Å². The molecule has 0 radical (unpaired) electrons. The largest absolute Gasteiger partial charge is 0.457 e. The van der Waals surface area contributed by atoms with Crippen LogP contribution in [0.1, 0.15) is 26.4 Å². The average Bonchev–Trinajstić information content (AvgIpc) is 3.08. The van der Waals surface area contributed by atoms with Crippen molar-refractivity contribution < 1.29 is 9.53 Å². The van der Waals surface area contributed by atoms with E-state index >= 15 is 0 Å². The van der Waals surface area contributed by atoms with E-state index in [-0.39, 0.29) is 12.2 Å². The minimum atomic E-state index is -0.452. The number of carbonyl (C=O) groups is 1. The molecule has 29 heavy (non-hydrogen) atoms. The molecule has 0 saturated carbocycles. The van der Waals surface area contributed by atoms with Crippen molar-refractivity contribution in [1.82, 2.24) is 9.55 Å². The van der Waals surface area contributed by atoms with Gasteiger partial charge in [0.25, 0.3) is 5.56 Å². The van der Waals surface area contributed by atoms with Gasteiger partial charge < -0.3 is 4.74 Å². The zero-order valence-electron chi connectivity index (χ0n) is 15.6. The lowest BCUT2D eigenvalue weighted by atomic mass is 10.2. The Kier molecular flexibility index (Phi) is 5.47. The second-order valence-electron chi connectivity index (χ2n) is 6.57. The molecule has 2 aromatic heterocycles. The summed E-state index contributed by atoms with van der Waals surface area (Å²) < 4.78 is 6.93. The van der Waals surface area contributed by atoms with Crippen LogP contribution < -0.4 is 5.56 Å². The number of halogens is 1. The van der Waals surface area contributed by atoms with Crippen LogP contribution in [0.4, 0.5) is 0 Å². The molecule has 0 spiro atoms. The van der Waals surface area contributed by atoms with Gasteiger partial charge in [-0.1, -0.05) is 60.1 Å². The number of fused-ring (bicyclic) bond motifs is 1. The van der Waals surface area contributed by atoms with E-state index in [0.717, 1.165) is 11.1 Å². The summed E-state index contributed by atoms with van der Waals surface area (Å²) in [7, 11) is 0. The predicted molar refractivity (Wildman–Crippen MR) is 115 cm³/mol. The van der Waals surface area contributed by atoms with Crippen LogP contribution in [0.3, 0.4) is 0 Å². The van der Waals surface area contributed by atoms with Gasteiger partial charge in [0, 0.05) is 5.02 Å². The lowest BCUT2D eigenvalue weighted by Crippen LogP contribution is -2.21. The number of thiophene rings is 1. The standard InChI is InChI=1S/C22H17ClN2O3S/c1-14-18-20(29-19(14)22(27)28-12-15-7-3-2-4-8-15)24-13-25(21(18)26)11-16-9-5-6-10-17(16)23/h2-10,13H,11-12H2,1H3. The summed E-state index contributed by atoms with van der Waals surface area (Å²) in [5.74, 6) is -0.452. The van der Waals surface area contributed by atoms with Gasteiger partial charge in [0.05, 0.1) is 18.3 Å². The SMILES string of the molecule is Cc1c(C(=O)OCc2ccccc2)sc2ncn(Cc3ccccc3Cl)c(=O)c12. The first-order valence-electron chi connectivity index (χ1n) is 8.97. The molecule has 0 aliphatic carbocycles. The van der Waals surface area contributed by atoms with Gasteiger partial charge in [-0.15, -0.1) is 11.3 Å². The third kappa shape index (κ3) is 3.95. The molecule has 0 unspecified atom stereocenters. The van der Waals surface area contributed by atoms with Crippen molar-refractivity contribution >= 4 is 39.1 Å². The van der Waals surface area contributed by atoms with E-state index in [1.54, 1.807) is 13.0 Å². The fourth-order valence-electron chi connectivity index (χ4n) is 3.07. The Morgan fingerprint density at radius 3 is 2.62 bits per heavy atom. The van der Waals surface area contributed by atoms with Crippen LogP contribution in [0, 0.1) is 6.92 Å². The molecule has 146 valence electrons. The van der Waals surface area contributed by atoms with Gasteiger partial charge in [-0.25, -0.2) is 9.78 Å². The number of carbonyl (C=O) groups excluding carboxylic acids is 1. The zero-order valence-corrected chi connectivity index (χ0v) is 17.2. The molecule has 2 aromatic carbocycles. The first-order chi connectivity index (χ1) is 14.0. The zero-order chi connectivity index (χ0) is 20.4. The smallest absolute Gasteiger partial charge is 0.349 e. The molecular weight excluding hydrogens is 408 g/mol. The summed E-state index contributed by atoms with van der Waals surface area (Å²) in [4.78, 5) is 30.9. The Balaban J connectivity index is 1.63. The fraction of sp³-hybridized carbons (Fsp3) is 0.136. The van der Waals surface area contributed by atoms with E-state index in [4.69, 9.17) is 16.3 Å². The van der Waals surface area contributed by atoms with E-state index in [2.05, 4.69) is 4.98 Å². The number of nitrogens with zero attached hydrogens (tertiary/aromatic N) is 2. The highest BCUT2D eigenvalue weighted by molar-refractivity contribution is 7.20. The third-order valence-electron chi connectivity index (χ3n) is 4.61. The van der Waals surface area contributed by atoms with E-state index < -0.39 is 5.97 Å². The van der Waals surface area contributed by atoms with Gasteiger partial charge >= 0.3 is 5.97 Å². The highest BCUT2D eigenvalue weighted by Crippen LogP contribution is 2.28. The second kappa shape index (κ2) is 8.19. The van der Waals surface area contributed by atoms with Gasteiger partial charge in [-0.05, 0) is 29.7 Å². The van der Waals surface area contributed by atoms with Crippen LogP contribution in [0.15, 0.2) is 65.7 Å². The first-order valence-corrected chi connectivity index (χ1v) is 10.2. The molecule has 0 saturated heterocycles. The Morgan fingerprint density at radius 1 is 1.14 bits per heavy atom. The maximum absolute atomic E-state index is 13.0. The van der Waals surface area contributed by atoms with Crippen LogP contribution in [-0.2, 0) is 17.9 Å². The van der Waals surface area contributed by atoms with Crippen LogP contribution in [0.25, 0.3) is 10.2 Å². The molecular formula is C22H17ClN2O3S. The minimum Gasteiger partial charge on any atom is -0.457 e. The molecule has 0 atom stereocenters. The van der Waals surface area contributed by atoms with Crippen molar-refractivity contribution in [3.8, 4) is 0 Å². The Bertz CT molecular complexity index is 1250. The lowest BCUT2D eigenvalue weighted by molar-refractivity contribution is 0.0478. The molecule has 0 fully saturated rings. The Morgan fingerprint density at radius 2 is 1.86 bits per heavy atom. The second-order valence-corrected chi connectivity index (χ2v) is 7.97. The normalized spacial score (nSPS) is 11.0. The van der Waals surface area contributed by atoms with Gasteiger partial charge in [-0.2, -0.15) is 0 Å². The summed E-state index contributed by atoms with van der Waals surface area (Å²) in [6.07, 6.45) is 1.49. The number of aromatic nitrogens is 2. The molecule has 0 bridgehead atoms. The quantitative estimate of drug-likeness (QED) is 0.431. The molecule has 0 aliphatic rings. The predicted octanol–water partition coefficient (Wildman–Crippen LogP) is 4.83. The molecule has 4 rings (SSSR count).